The fourth-order valence-corrected chi connectivity index (χ4v) is 2.67. The molecular formula is C19H14F3NO3. The second-order valence-electron chi connectivity index (χ2n) is 5.77. The smallest absolute Gasteiger partial charge is 0.416 e. The molecular weight excluding hydrogens is 347 g/mol. The van der Waals surface area contributed by atoms with Crippen molar-refractivity contribution in [1.82, 2.24) is 0 Å². The summed E-state index contributed by atoms with van der Waals surface area (Å²) in [5.74, 6) is 2.35. The Kier molecular flexibility index (Phi) is 3.99. The highest BCUT2D eigenvalue weighted by Gasteiger charge is 2.30. The van der Waals surface area contributed by atoms with Crippen molar-refractivity contribution in [3.8, 4) is 22.8 Å². The first-order valence-electron chi connectivity index (χ1n) is 7.89. The molecule has 4 rings (SSSR count). The lowest BCUT2D eigenvalue weighted by Crippen LogP contribution is -2.04. The molecule has 1 aromatic heterocycles. The maximum absolute atomic E-state index is 12.8. The van der Waals surface area contributed by atoms with Crippen molar-refractivity contribution in [2.75, 3.05) is 12.1 Å². The molecule has 1 aliphatic heterocycles. The SMILES string of the molecule is FC(F)(F)c1cccc(-c2ccc(CNc3ccc4c(c3)OCO4)o2)c1. The van der Waals surface area contributed by atoms with Crippen LogP contribution in [0.5, 0.6) is 11.5 Å². The maximum atomic E-state index is 12.8. The number of anilines is 1. The third-order valence-electron chi connectivity index (χ3n) is 3.98. The van der Waals surface area contributed by atoms with Crippen LogP contribution in [-0.4, -0.2) is 6.79 Å². The molecule has 0 fully saturated rings. The molecule has 0 radical (unpaired) electrons. The van der Waals surface area contributed by atoms with E-state index in [2.05, 4.69) is 5.32 Å². The first-order chi connectivity index (χ1) is 12.5. The Bertz CT molecular complexity index is 934. The first-order valence-corrected chi connectivity index (χ1v) is 7.89. The Hall–Kier alpha value is -3.09. The van der Waals surface area contributed by atoms with Crippen molar-refractivity contribution in [2.45, 2.75) is 12.7 Å². The predicted molar refractivity (Wildman–Crippen MR) is 89.0 cm³/mol. The van der Waals surface area contributed by atoms with Crippen molar-refractivity contribution in [2.24, 2.45) is 0 Å². The summed E-state index contributed by atoms with van der Waals surface area (Å²) in [6, 6.07) is 13.9. The lowest BCUT2D eigenvalue weighted by molar-refractivity contribution is -0.137. The zero-order chi connectivity index (χ0) is 18.1. The third kappa shape index (κ3) is 3.33. The largest absolute Gasteiger partial charge is 0.459 e. The van der Waals surface area contributed by atoms with Gasteiger partial charge in [0.05, 0.1) is 12.1 Å². The molecule has 0 saturated heterocycles. The minimum Gasteiger partial charge on any atom is -0.459 e. The van der Waals surface area contributed by atoms with Gasteiger partial charge in [-0.25, -0.2) is 0 Å². The number of benzene rings is 2. The molecule has 0 saturated carbocycles. The Morgan fingerprint density at radius 1 is 0.923 bits per heavy atom. The Morgan fingerprint density at radius 3 is 2.62 bits per heavy atom. The summed E-state index contributed by atoms with van der Waals surface area (Å²) >= 11 is 0. The van der Waals surface area contributed by atoms with Crippen LogP contribution in [0.4, 0.5) is 18.9 Å². The first kappa shape index (κ1) is 16.4. The summed E-state index contributed by atoms with van der Waals surface area (Å²) in [5.41, 5.74) is 0.506. The van der Waals surface area contributed by atoms with Crippen LogP contribution in [0.15, 0.2) is 59.0 Å². The molecule has 2 heterocycles. The molecule has 0 unspecified atom stereocenters. The van der Waals surface area contributed by atoms with Crippen LogP contribution in [0.1, 0.15) is 11.3 Å². The minimum absolute atomic E-state index is 0.206. The molecule has 7 heteroatoms. The van der Waals surface area contributed by atoms with E-state index in [1.54, 1.807) is 24.3 Å². The standard InChI is InChI=1S/C19H14F3NO3/c20-19(21,22)13-3-1-2-12(8-13)16-7-5-15(26-16)10-23-14-4-6-17-18(9-14)25-11-24-17/h1-9,23H,10-11H2. The van der Waals surface area contributed by atoms with Gasteiger partial charge in [-0.2, -0.15) is 13.2 Å². The number of nitrogens with one attached hydrogen (secondary N) is 1. The average molecular weight is 361 g/mol. The summed E-state index contributed by atoms with van der Waals surface area (Å²) in [5, 5.41) is 3.18. The number of halogens is 3. The number of furan rings is 1. The lowest BCUT2D eigenvalue weighted by atomic mass is 10.1. The van der Waals surface area contributed by atoms with Crippen molar-refractivity contribution in [3.63, 3.8) is 0 Å². The van der Waals surface area contributed by atoms with Crippen molar-refractivity contribution in [3.05, 3.63) is 65.9 Å². The van der Waals surface area contributed by atoms with E-state index in [4.69, 9.17) is 13.9 Å². The van der Waals surface area contributed by atoms with E-state index in [0.29, 0.717) is 35.1 Å². The van der Waals surface area contributed by atoms with Gasteiger partial charge in [0, 0.05) is 17.3 Å². The summed E-state index contributed by atoms with van der Waals surface area (Å²) < 4.78 is 54.7. The van der Waals surface area contributed by atoms with Crippen LogP contribution >= 0.6 is 0 Å². The van der Waals surface area contributed by atoms with Gasteiger partial charge in [0.2, 0.25) is 6.79 Å². The number of hydrogen-bond donors (Lipinski definition) is 1. The Labute approximate surface area is 147 Å². The van der Waals surface area contributed by atoms with E-state index < -0.39 is 11.7 Å². The fraction of sp³-hybridized carbons (Fsp3) is 0.158. The Balaban J connectivity index is 1.47. The van der Waals surface area contributed by atoms with E-state index in [1.165, 1.54) is 6.07 Å². The van der Waals surface area contributed by atoms with Gasteiger partial charge in [0.25, 0.3) is 0 Å². The molecule has 134 valence electrons. The second kappa shape index (κ2) is 6.33. The minimum atomic E-state index is -4.38. The zero-order valence-electron chi connectivity index (χ0n) is 13.5. The molecule has 0 aliphatic carbocycles. The lowest BCUT2D eigenvalue weighted by Gasteiger charge is -2.07. The molecule has 4 nitrogen and oxygen atoms in total. The van der Waals surface area contributed by atoms with E-state index in [-0.39, 0.29) is 6.79 Å². The number of hydrogen-bond acceptors (Lipinski definition) is 4. The van der Waals surface area contributed by atoms with Gasteiger partial charge in [-0.1, -0.05) is 12.1 Å². The predicted octanol–water partition coefficient (Wildman–Crippen LogP) is 5.31. The summed E-state index contributed by atoms with van der Waals surface area (Å²) in [4.78, 5) is 0. The molecule has 3 aromatic rings. The third-order valence-corrected chi connectivity index (χ3v) is 3.98. The molecule has 0 atom stereocenters. The highest BCUT2D eigenvalue weighted by molar-refractivity contribution is 5.59. The van der Waals surface area contributed by atoms with Crippen molar-refractivity contribution < 1.29 is 27.1 Å². The van der Waals surface area contributed by atoms with Gasteiger partial charge >= 0.3 is 6.18 Å². The van der Waals surface area contributed by atoms with E-state index in [1.807, 2.05) is 12.1 Å². The van der Waals surface area contributed by atoms with E-state index in [0.717, 1.165) is 17.8 Å². The summed E-state index contributed by atoms with van der Waals surface area (Å²) in [6.07, 6.45) is -4.38. The van der Waals surface area contributed by atoms with Crippen LogP contribution in [0.2, 0.25) is 0 Å². The number of fused-ring (bicyclic) bond motifs is 1. The van der Waals surface area contributed by atoms with Crippen LogP contribution < -0.4 is 14.8 Å². The topological polar surface area (TPSA) is 43.6 Å². The average Bonchev–Trinajstić information content (AvgIpc) is 3.28. The van der Waals surface area contributed by atoms with Gasteiger partial charge in [-0.05, 0) is 36.4 Å². The highest BCUT2D eigenvalue weighted by Crippen LogP contribution is 2.35. The monoisotopic (exact) mass is 361 g/mol. The van der Waals surface area contributed by atoms with Crippen LogP contribution in [0.25, 0.3) is 11.3 Å². The van der Waals surface area contributed by atoms with Gasteiger partial charge in [-0.15, -0.1) is 0 Å². The molecule has 0 bridgehead atoms. The summed E-state index contributed by atoms with van der Waals surface area (Å²) in [7, 11) is 0. The van der Waals surface area contributed by atoms with Crippen LogP contribution in [0.3, 0.4) is 0 Å². The van der Waals surface area contributed by atoms with E-state index in [9.17, 15) is 13.2 Å². The highest BCUT2D eigenvalue weighted by atomic mass is 19.4. The second-order valence-corrected chi connectivity index (χ2v) is 5.77. The molecule has 1 aliphatic rings. The zero-order valence-corrected chi connectivity index (χ0v) is 13.5. The van der Waals surface area contributed by atoms with Crippen LogP contribution in [0, 0.1) is 0 Å². The van der Waals surface area contributed by atoms with Crippen molar-refractivity contribution in [1.29, 1.82) is 0 Å². The number of rotatable bonds is 4. The normalized spacial score (nSPS) is 13.0. The summed E-state index contributed by atoms with van der Waals surface area (Å²) in [6.45, 7) is 0.593. The molecule has 0 spiro atoms. The molecule has 1 N–H and O–H groups in total. The van der Waals surface area contributed by atoms with Gasteiger partial charge in [0.1, 0.15) is 11.5 Å². The van der Waals surface area contributed by atoms with Gasteiger partial charge < -0.3 is 19.2 Å². The Morgan fingerprint density at radius 2 is 1.77 bits per heavy atom. The van der Waals surface area contributed by atoms with Crippen LogP contribution in [-0.2, 0) is 12.7 Å². The fourth-order valence-electron chi connectivity index (χ4n) is 2.67. The number of ether oxygens (including phenoxy) is 2. The molecule has 26 heavy (non-hydrogen) atoms. The maximum Gasteiger partial charge on any atom is 0.416 e. The van der Waals surface area contributed by atoms with Gasteiger partial charge in [-0.3, -0.25) is 0 Å². The molecule has 0 amide bonds. The quantitative estimate of drug-likeness (QED) is 0.684. The van der Waals surface area contributed by atoms with Crippen molar-refractivity contribution >= 4 is 5.69 Å². The van der Waals surface area contributed by atoms with E-state index >= 15 is 0 Å². The van der Waals surface area contributed by atoms with Gasteiger partial charge in [0.15, 0.2) is 11.5 Å². The number of alkyl halides is 3. The molecule has 2 aromatic carbocycles.